The van der Waals surface area contributed by atoms with Crippen LogP contribution in [0.2, 0.25) is 5.02 Å². The van der Waals surface area contributed by atoms with Crippen molar-refractivity contribution in [2.45, 2.75) is 33.3 Å². The van der Waals surface area contributed by atoms with Gasteiger partial charge >= 0.3 is 11.9 Å². The van der Waals surface area contributed by atoms with Gasteiger partial charge < -0.3 is 23.9 Å². The van der Waals surface area contributed by atoms with E-state index in [-0.39, 0.29) is 21.8 Å². The SMILES string of the molecule is COC(=O)c1c(C)[nH]c(C(=O)C(C)OC(=O)c2cc(Cl)c3c(c2)OCCCO3)c1C. The quantitative estimate of drug-likeness (QED) is 0.564. The number of aromatic nitrogens is 1. The van der Waals surface area contributed by atoms with Crippen molar-refractivity contribution in [3.05, 3.63) is 45.2 Å². The minimum absolute atomic E-state index is 0.138. The first-order valence-electron chi connectivity index (χ1n) is 9.36. The number of benzene rings is 1. The van der Waals surface area contributed by atoms with Crippen molar-refractivity contribution in [2.75, 3.05) is 20.3 Å². The second-order valence-electron chi connectivity index (χ2n) is 6.86. The van der Waals surface area contributed by atoms with Gasteiger partial charge in [0.1, 0.15) is 0 Å². The molecule has 1 aliphatic rings. The summed E-state index contributed by atoms with van der Waals surface area (Å²) in [5, 5.41) is 0.221. The number of halogens is 1. The molecule has 3 rings (SSSR count). The Bertz CT molecular complexity index is 1010. The Morgan fingerprint density at radius 2 is 1.83 bits per heavy atom. The van der Waals surface area contributed by atoms with Gasteiger partial charge in [0.05, 0.1) is 42.2 Å². The summed E-state index contributed by atoms with van der Waals surface area (Å²) in [5.74, 6) is -1.03. The number of ether oxygens (including phenoxy) is 4. The van der Waals surface area contributed by atoms with Crippen molar-refractivity contribution in [2.24, 2.45) is 0 Å². The Hall–Kier alpha value is -3.00. The van der Waals surface area contributed by atoms with E-state index in [1.165, 1.54) is 26.2 Å². The van der Waals surface area contributed by atoms with Gasteiger partial charge in [-0.25, -0.2) is 9.59 Å². The van der Waals surface area contributed by atoms with Crippen LogP contribution in [0.15, 0.2) is 12.1 Å². The number of esters is 2. The molecule has 1 unspecified atom stereocenters. The summed E-state index contributed by atoms with van der Waals surface area (Å²) in [5.41, 5.74) is 1.54. The fourth-order valence-electron chi connectivity index (χ4n) is 3.24. The number of methoxy groups -OCH3 is 1. The van der Waals surface area contributed by atoms with E-state index >= 15 is 0 Å². The van der Waals surface area contributed by atoms with Crippen molar-refractivity contribution in [3.63, 3.8) is 0 Å². The van der Waals surface area contributed by atoms with E-state index in [4.69, 9.17) is 30.5 Å². The van der Waals surface area contributed by atoms with Gasteiger partial charge in [0, 0.05) is 12.1 Å². The number of H-pyrrole nitrogens is 1. The van der Waals surface area contributed by atoms with Crippen molar-refractivity contribution >= 4 is 29.3 Å². The lowest BCUT2D eigenvalue weighted by atomic mass is 10.1. The number of rotatable bonds is 5. The number of fused-ring (bicyclic) bond motifs is 1. The second-order valence-corrected chi connectivity index (χ2v) is 7.27. The molecule has 1 aromatic carbocycles. The van der Waals surface area contributed by atoms with Crippen LogP contribution in [0.1, 0.15) is 55.8 Å². The number of aryl methyl sites for hydroxylation is 1. The molecule has 1 atom stereocenters. The highest BCUT2D eigenvalue weighted by atomic mass is 35.5. The fraction of sp³-hybridized carbons (Fsp3) is 0.381. The highest BCUT2D eigenvalue weighted by Crippen LogP contribution is 2.38. The maximum atomic E-state index is 12.8. The Balaban J connectivity index is 1.79. The van der Waals surface area contributed by atoms with Crippen LogP contribution in [0.3, 0.4) is 0 Å². The van der Waals surface area contributed by atoms with Gasteiger partial charge in [-0.2, -0.15) is 0 Å². The van der Waals surface area contributed by atoms with Crippen molar-refractivity contribution < 1.29 is 33.3 Å². The Labute approximate surface area is 178 Å². The van der Waals surface area contributed by atoms with E-state index in [0.29, 0.717) is 42.4 Å². The average Bonchev–Trinajstić information content (AvgIpc) is 2.87. The van der Waals surface area contributed by atoms with E-state index in [2.05, 4.69) is 4.98 Å². The lowest BCUT2D eigenvalue weighted by Gasteiger charge is -2.14. The van der Waals surface area contributed by atoms with E-state index in [9.17, 15) is 14.4 Å². The number of nitrogens with one attached hydrogen (secondary N) is 1. The zero-order chi connectivity index (χ0) is 22.0. The number of ketones is 1. The summed E-state index contributed by atoms with van der Waals surface area (Å²) in [6.07, 6.45) is -0.409. The molecule has 9 heteroatoms. The Kier molecular flexibility index (Phi) is 6.36. The maximum Gasteiger partial charge on any atom is 0.339 e. The van der Waals surface area contributed by atoms with Crippen LogP contribution >= 0.6 is 11.6 Å². The number of aromatic amines is 1. The topological polar surface area (TPSA) is 104 Å². The number of hydrogen-bond acceptors (Lipinski definition) is 7. The Morgan fingerprint density at radius 1 is 1.13 bits per heavy atom. The summed E-state index contributed by atoms with van der Waals surface area (Å²) in [6, 6.07) is 2.89. The highest BCUT2D eigenvalue weighted by molar-refractivity contribution is 6.32. The van der Waals surface area contributed by atoms with Gasteiger partial charge in [-0.3, -0.25) is 4.79 Å². The fourth-order valence-corrected chi connectivity index (χ4v) is 3.50. The molecule has 8 nitrogen and oxygen atoms in total. The van der Waals surface area contributed by atoms with Gasteiger partial charge in [0.15, 0.2) is 17.6 Å². The minimum atomic E-state index is -1.10. The van der Waals surface area contributed by atoms with E-state index in [0.717, 1.165) is 0 Å². The first kappa shape index (κ1) is 21.7. The molecule has 0 saturated heterocycles. The zero-order valence-corrected chi connectivity index (χ0v) is 17.8. The maximum absolute atomic E-state index is 12.8. The van der Waals surface area contributed by atoms with E-state index in [1.54, 1.807) is 13.8 Å². The minimum Gasteiger partial charge on any atom is -0.489 e. The zero-order valence-electron chi connectivity index (χ0n) is 17.1. The van der Waals surface area contributed by atoms with Gasteiger partial charge in [0.2, 0.25) is 5.78 Å². The van der Waals surface area contributed by atoms with Crippen molar-refractivity contribution in [1.29, 1.82) is 0 Å². The van der Waals surface area contributed by atoms with Gasteiger partial charge in [-0.15, -0.1) is 0 Å². The average molecular weight is 436 g/mol. The molecular formula is C21H22ClNO7. The van der Waals surface area contributed by atoms with Crippen LogP contribution in [-0.4, -0.2) is 49.1 Å². The smallest absolute Gasteiger partial charge is 0.339 e. The molecule has 0 spiro atoms. The van der Waals surface area contributed by atoms with Crippen LogP contribution in [-0.2, 0) is 9.47 Å². The normalized spacial score (nSPS) is 13.9. The number of hydrogen-bond donors (Lipinski definition) is 1. The van der Waals surface area contributed by atoms with Gasteiger partial charge in [-0.1, -0.05) is 11.6 Å². The van der Waals surface area contributed by atoms with Crippen LogP contribution in [0.5, 0.6) is 11.5 Å². The van der Waals surface area contributed by atoms with Crippen LogP contribution in [0.25, 0.3) is 0 Å². The molecule has 0 fully saturated rings. The molecule has 2 aromatic rings. The Morgan fingerprint density at radius 3 is 2.53 bits per heavy atom. The van der Waals surface area contributed by atoms with Crippen LogP contribution < -0.4 is 9.47 Å². The number of carbonyl (C=O) groups is 3. The van der Waals surface area contributed by atoms with E-state index < -0.39 is 23.8 Å². The highest BCUT2D eigenvalue weighted by Gasteiger charge is 2.28. The summed E-state index contributed by atoms with van der Waals surface area (Å²) >= 11 is 6.21. The monoisotopic (exact) mass is 435 g/mol. The number of Topliss-reactive ketones (excluding diaryl/α,β-unsaturated/α-hetero) is 1. The molecular weight excluding hydrogens is 414 g/mol. The molecule has 1 aromatic heterocycles. The van der Waals surface area contributed by atoms with Crippen LogP contribution in [0.4, 0.5) is 0 Å². The molecule has 1 N–H and O–H groups in total. The first-order chi connectivity index (χ1) is 14.2. The molecule has 0 bridgehead atoms. The summed E-state index contributed by atoms with van der Waals surface area (Å²) in [7, 11) is 1.26. The lowest BCUT2D eigenvalue weighted by Crippen LogP contribution is -2.25. The van der Waals surface area contributed by atoms with Crippen molar-refractivity contribution in [3.8, 4) is 11.5 Å². The molecule has 2 heterocycles. The lowest BCUT2D eigenvalue weighted by molar-refractivity contribution is 0.0316. The molecule has 30 heavy (non-hydrogen) atoms. The summed E-state index contributed by atoms with van der Waals surface area (Å²) in [4.78, 5) is 40.2. The van der Waals surface area contributed by atoms with Gasteiger partial charge in [0.25, 0.3) is 0 Å². The summed E-state index contributed by atoms with van der Waals surface area (Å²) in [6.45, 7) is 5.64. The predicted octanol–water partition coefficient (Wildman–Crippen LogP) is 3.66. The van der Waals surface area contributed by atoms with Crippen LogP contribution in [0, 0.1) is 13.8 Å². The third kappa shape index (κ3) is 4.14. The van der Waals surface area contributed by atoms with E-state index in [1.807, 2.05) is 0 Å². The summed E-state index contributed by atoms with van der Waals surface area (Å²) < 4.78 is 21.2. The van der Waals surface area contributed by atoms with Gasteiger partial charge in [-0.05, 0) is 38.5 Å². The number of carbonyl (C=O) groups excluding carboxylic acids is 3. The molecule has 0 amide bonds. The van der Waals surface area contributed by atoms with Crippen molar-refractivity contribution in [1.82, 2.24) is 4.98 Å². The first-order valence-corrected chi connectivity index (χ1v) is 9.74. The molecule has 0 aliphatic carbocycles. The second kappa shape index (κ2) is 8.79. The third-order valence-electron chi connectivity index (χ3n) is 4.76. The molecule has 0 saturated carbocycles. The largest absolute Gasteiger partial charge is 0.489 e. The molecule has 160 valence electrons. The predicted molar refractivity (Wildman–Crippen MR) is 108 cm³/mol. The standard InChI is InChI=1S/C21H22ClNO7/c1-10-16(21(26)27-4)11(2)23-17(10)18(24)12(3)30-20(25)13-8-14(22)19-15(9-13)28-6-5-7-29-19/h8-9,12,23H,5-7H2,1-4H3. The third-order valence-corrected chi connectivity index (χ3v) is 5.05. The molecule has 1 aliphatic heterocycles. The molecule has 0 radical (unpaired) electrons.